The average molecular weight is 271 g/mol. The predicted molar refractivity (Wildman–Crippen MR) is 74.9 cm³/mol. The standard InChI is InChI=1S/C13H23ClN4/c1-9(2)12-8-18(6-5-15-12)7-11-10(3)16-17(4)13(11)14/h9,12,15H,5-8H2,1-4H3. The molecule has 0 radical (unpaired) electrons. The van der Waals surface area contributed by atoms with E-state index in [0.29, 0.717) is 12.0 Å². The lowest BCUT2D eigenvalue weighted by Crippen LogP contribution is -2.52. The molecule has 1 atom stereocenters. The van der Waals surface area contributed by atoms with E-state index in [4.69, 9.17) is 11.6 Å². The molecule has 1 fully saturated rings. The number of rotatable bonds is 3. The molecule has 0 aromatic carbocycles. The summed E-state index contributed by atoms with van der Waals surface area (Å²) >= 11 is 6.29. The summed E-state index contributed by atoms with van der Waals surface area (Å²) in [5, 5.41) is 8.72. The molecule has 1 aliphatic heterocycles. The smallest absolute Gasteiger partial charge is 0.131 e. The third-order valence-electron chi connectivity index (χ3n) is 3.75. The van der Waals surface area contributed by atoms with Gasteiger partial charge in [0.2, 0.25) is 0 Å². The molecule has 1 aliphatic rings. The Morgan fingerprint density at radius 2 is 2.22 bits per heavy atom. The van der Waals surface area contributed by atoms with Crippen LogP contribution in [0.3, 0.4) is 0 Å². The Labute approximate surface area is 114 Å². The Bertz CT molecular complexity index is 413. The van der Waals surface area contributed by atoms with Crippen molar-refractivity contribution in [2.24, 2.45) is 13.0 Å². The van der Waals surface area contributed by atoms with Crippen molar-refractivity contribution in [1.29, 1.82) is 0 Å². The summed E-state index contributed by atoms with van der Waals surface area (Å²) in [5.41, 5.74) is 2.21. The van der Waals surface area contributed by atoms with Crippen LogP contribution in [0.5, 0.6) is 0 Å². The fourth-order valence-electron chi connectivity index (χ4n) is 2.51. The lowest BCUT2D eigenvalue weighted by atomic mass is 10.0. The van der Waals surface area contributed by atoms with Crippen LogP contribution in [0, 0.1) is 12.8 Å². The lowest BCUT2D eigenvalue weighted by Gasteiger charge is -2.35. The van der Waals surface area contributed by atoms with Gasteiger partial charge in [0.15, 0.2) is 0 Å². The lowest BCUT2D eigenvalue weighted by molar-refractivity contribution is 0.168. The summed E-state index contributed by atoms with van der Waals surface area (Å²) in [6.45, 7) is 10.7. The van der Waals surface area contributed by atoms with Gasteiger partial charge in [-0.05, 0) is 12.8 Å². The van der Waals surface area contributed by atoms with Gasteiger partial charge in [0, 0.05) is 44.8 Å². The molecule has 1 saturated heterocycles. The monoisotopic (exact) mass is 270 g/mol. The molecule has 18 heavy (non-hydrogen) atoms. The third kappa shape index (κ3) is 2.87. The molecule has 4 nitrogen and oxygen atoms in total. The minimum atomic E-state index is 0.578. The largest absolute Gasteiger partial charge is 0.311 e. The zero-order chi connectivity index (χ0) is 13.3. The zero-order valence-electron chi connectivity index (χ0n) is 11.7. The summed E-state index contributed by atoms with van der Waals surface area (Å²) in [4.78, 5) is 2.47. The van der Waals surface area contributed by atoms with Crippen LogP contribution in [0.25, 0.3) is 0 Å². The van der Waals surface area contributed by atoms with Crippen LogP contribution in [-0.4, -0.2) is 40.4 Å². The highest BCUT2D eigenvalue weighted by molar-refractivity contribution is 6.30. The zero-order valence-corrected chi connectivity index (χ0v) is 12.5. The number of aryl methyl sites for hydroxylation is 2. The van der Waals surface area contributed by atoms with Crippen LogP contribution in [0.1, 0.15) is 25.1 Å². The molecular weight excluding hydrogens is 248 g/mol. The number of aromatic nitrogens is 2. The molecule has 0 bridgehead atoms. The number of nitrogens with zero attached hydrogens (tertiary/aromatic N) is 3. The van der Waals surface area contributed by atoms with Crippen molar-refractivity contribution in [2.45, 2.75) is 33.4 Å². The van der Waals surface area contributed by atoms with Gasteiger partial charge in [-0.3, -0.25) is 9.58 Å². The molecule has 2 rings (SSSR count). The maximum atomic E-state index is 6.29. The van der Waals surface area contributed by atoms with Crippen molar-refractivity contribution in [3.63, 3.8) is 0 Å². The molecular formula is C13H23ClN4. The highest BCUT2D eigenvalue weighted by atomic mass is 35.5. The second-order valence-corrected chi connectivity index (χ2v) is 5.88. The molecule has 0 saturated carbocycles. The molecule has 1 unspecified atom stereocenters. The van der Waals surface area contributed by atoms with Crippen molar-refractivity contribution in [2.75, 3.05) is 19.6 Å². The van der Waals surface area contributed by atoms with Gasteiger partial charge < -0.3 is 5.32 Å². The Morgan fingerprint density at radius 1 is 1.50 bits per heavy atom. The molecule has 0 aliphatic carbocycles. The summed E-state index contributed by atoms with van der Waals surface area (Å²) in [7, 11) is 1.90. The molecule has 5 heteroatoms. The fraction of sp³-hybridized carbons (Fsp3) is 0.769. The summed E-state index contributed by atoms with van der Waals surface area (Å²) < 4.78 is 1.76. The first-order valence-electron chi connectivity index (χ1n) is 6.62. The molecule has 102 valence electrons. The van der Waals surface area contributed by atoms with E-state index in [9.17, 15) is 0 Å². The first-order chi connectivity index (χ1) is 8.49. The molecule has 1 N–H and O–H groups in total. The van der Waals surface area contributed by atoms with Gasteiger partial charge in [-0.15, -0.1) is 0 Å². The van der Waals surface area contributed by atoms with Crippen LogP contribution in [0.2, 0.25) is 5.15 Å². The van der Waals surface area contributed by atoms with Crippen LogP contribution in [-0.2, 0) is 13.6 Å². The van der Waals surface area contributed by atoms with Crippen molar-refractivity contribution in [3.05, 3.63) is 16.4 Å². The predicted octanol–water partition coefficient (Wildman–Crippen LogP) is 1.81. The highest BCUT2D eigenvalue weighted by Gasteiger charge is 2.23. The summed E-state index contributed by atoms with van der Waals surface area (Å²) in [6.07, 6.45) is 0. The van der Waals surface area contributed by atoms with Crippen LogP contribution >= 0.6 is 11.6 Å². The van der Waals surface area contributed by atoms with E-state index in [1.165, 1.54) is 5.56 Å². The Kier molecular flexibility index (Phi) is 4.30. The quantitative estimate of drug-likeness (QED) is 0.910. The molecule has 0 amide bonds. The highest BCUT2D eigenvalue weighted by Crippen LogP contribution is 2.21. The minimum Gasteiger partial charge on any atom is -0.311 e. The van der Waals surface area contributed by atoms with E-state index in [2.05, 4.69) is 29.2 Å². The molecule has 1 aromatic rings. The topological polar surface area (TPSA) is 33.1 Å². The maximum Gasteiger partial charge on any atom is 0.131 e. The van der Waals surface area contributed by atoms with E-state index in [1.54, 1.807) is 4.68 Å². The Morgan fingerprint density at radius 3 is 2.78 bits per heavy atom. The van der Waals surface area contributed by atoms with Crippen molar-refractivity contribution < 1.29 is 0 Å². The fourth-order valence-corrected chi connectivity index (χ4v) is 2.74. The van der Waals surface area contributed by atoms with Crippen molar-refractivity contribution in [1.82, 2.24) is 20.0 Å². The molecule has 1 aromatic heterocycles. The van der Waals surface area contributed by atoms with Gasteiger partial charge in [0.1, 0.15) is 5.15 Å². The van der Waals surface area contributed by atoms with Gasteiger partial charge in [0.25, 0.3) is 0 Å². The minimum absolute atomic E-state index is 0.578. The van der Waals surface area contributed by atoms with Crippen LogP contribution in [0.15, 0.2) is 0 Å². The van der Waals surface area contributed by atoms with Crippen molar-refractivity contribution in [3.8, 4) is 0 Å². The third-order valence-corrected chi connectivity index (χ3v) is 4.22. The van der Waals surface area contributed by atoms with Gasteiger partial charge in [-0.1, -0.05) is 25.4 Å². The number of halogens is 1. The van der Waals surface area contributed by atoms with Crippen LogP contribution in [0.4, 0.5) is 0 Å². The van der Waals surface area contributed by atoms with E-state index in [-0.39, 0.29) is 0 Å². The summed E-state index contributed by atoms with van der Waals surface area (Å²) in [5.74, 6) is 0.665. The van der Waals surface area contributed by atoms with E-state index in [1.807, 2.05) is 14.0 Å². The normalized spacial score (nSPS) is 21.8. The van der Waals surface area contributed by atoms with E-state index >= 15 is 0 Å². The second-order valence-electron chi connectivity index (χ2n) is 5.52. The van der Waals surface area contributed by atoms with E-state index in [0.717, 1.165) is 37.0 Å². The number of nitrogens with one attached hydrogen (secondary N) is 1. The Hall–Kier alpha value is -0.580. The first kappa shape index (κ1) is 13.8. The number of hydrogen-bond acceptors (Lipinski definition) is 3. The van der Waals surface area contributed by atoms with Crippen molar-refractivity contribution >= 4 is 11.6 Å². The van der Waals surface area contributed by atoms with Gasteiger partial charge in [0.05, 0.1) is 5.69 Å². The molecule has 2 heterocycles. The number of piperazine rings is 1. The van der Waals surface area contributed by atoms with E-state index < -0.39 is 0 Å². The van der Waals surface area contributed by atoms with Gasteiger partial charge >= 0.3 is 0 Å². The first-order valence-corrected chi connectivity index (χ1v) is 7.00. The second kappa shape index (κ2) is 5.59. The van der Waals surface area contributed by atoms with Gasteiger partial charge in [-0.2, -0.15) is 5.10 Å². The maximum absolute atomic E-state index is 6.29. The number of hydrogen-bond donors (Lipinski definition) is 1. The summed E-state index contributed by atoms with van der Waals surface area (Å²) in [6, 6.07) is 0.578. The van der Waals surface area contributed by atoms with Gasteiger partial charge in [-0.25, -0.2) is 0 Å². The Balaban J connectivity index is 2.05. The van der Waals surface area contributed by atoms with Crippen LogP contribution < -0.4 is 5.32 Å². The average Bonchev–Trinajstić information content (AvgIpc) is 2.56. The molecule has 0 spiro atoms. The SMILES string of the molecule is Cc1nn(C)c(Cl)c1CN1CCNC(C(C)C)C1.